The Morgan fingerprint density at radius 3 is 2.83 bits per heavy atom. The number of non-ortho nitro benzene ring substituents is 1. The van der Waals surface area contributed by atoms with Crippen LogP contribution in [0.1, 0.15) is 16.1 Å². The molecule has 3 rings (SSSR count). The lowest BCUT2D eigenvalue weighted by atomic mass is 10.2. The van der Waals surface area contributed by atoms with Crippen LogP contribution >= 0.6 is 11.3 Å². The van der Waals surface area contributed by atoms with Gasteiger partial charge in [-0.1, -0.05) is 12.1 Å². The lowest BCUT2D eigenvalue weighted by Gasteiger charge is -2.03. The molecule has 0 aliphatic rings. The average molecular weight is 328 g/mol. The van der Waals surface area contributed by atoms with Crippen LogP contribution in [0.2, 0.25) is 0 Å². The lowest BCUT2D eigenvalue weighted by Crippen LogP contribution is -2.22. The molecule has 0 saturated heterocycles. The molecule has 0 fully saturated rings. The van der Waals surface area contributed by atoms with Crippen LogP contribution in [0.25, 0.3) is 10.6 Å². The molecule has 7 heteroatoms. The van der Waals surface area contributed by atoms with Gasteiger partial charge < -0.3 is 9.73 Å². The number of hydrogen-bond donors (Lipinski definition) is 1. The number of amides is 1. The van der Waals surface area contributed by atoms with Gasteiger partial charge in [0.25, 0.3) is 11.6 Å². The molecule has 0 aliphatic carbocycles. The number of nitro benzene ring substituents is 1. The van der Waals surface area contributed by atoms with Gasteiger partial charge in [0.1, 0.15) is 11.5 Å². The molecule has 0 radical (unpaired) electrons. The van der Waals surface area contributed by atoms with Crippen molar-refractivity contribution in [2.75, 3.05) is 0 Å². The van der Waals surface area contributed by atoms with Gasteiger partial charge in [-0.15, -0.1) is 11.3 Å². The van der Waals surface area contributed by atoms with Crippen molar-refractivity contribution in [1.82, 2.24) is 5.32 Å². The largest absolute Gasteiger partial charge is 0.458 e. The zero-order valence-corrected chi connectivity index (χ0v) is 12.7. The molecule has 1 aromatic carbocycles. The molecule has 6 nitrogen and oxygen atoms in total. The molecule has 0 aliphatic heterocycles. The maximum Gasteiger partial charge on any atom is 0.270 e. The Bertz CT molecular complexity index is 839. The van der Waals surface area contributed by atoms with E-state index in [2.05, 4.69) is 5.32 Å². The van der Waals surface area contributed by atoms with Crippen LogP contribution in [0.5, 0.6) is 0 Å². The number of nitrogens with zero attached hydrogens (tertiary/aromatic N) is 1. The summed E-state index contributed by atoms with van der Waals surface area (Å²) in [7, 11) is 0. The number of nitrogens with one attached hydrogen (secondary N) is 1. The minimum Gasteiger partial charge on any atom is -0.458 e. The van der Waals surface area contributed by atoms with Gasteiger partial charge in [0.2, 0.25) is 0 Å². The van der Waals surface area contributed by atoms with E-state index in [4.69, 9.17) is 4.42 Å². The maximum atomic E-state index is 12.1. The molecular weight excluding hydrogens is 316 g/mol. The first kappa shape index (κ1) is 15.0. The monoisotopic (exact) mass is 328 g/mol. The van der Waals surface area contributed by atoms with Crippen LogP contribution in [0.4, 0.5) is 5.69 Å². The fourth-order valence-corrected chi connectivity index (χ4v) is 2.74. The first-order valence-electron chi connectivity index (χ1n) is 6.79. The van der Waals surface area contributed by atoms with Gasteiger partial charge in [-0.2, -0.15) is 0 Å². The molecule has 2 aromatic heterocycles. The van der Waals surface area contributed by atoms with Crippen LogP contribution in [0.3, 0.4) is 0 Å². The highest BCUT2D eigenvalue weighted by Gasteiger charge is 2.12. The molecule has 23 heavy (non-hydrogen) atoms. The normalized spacial score (nSPS) is 10.4. The van der Waals surface area contributed by atoms with Gasteiger partial charge in [-0.25, -0.2) is 0 Å². The Morgan fingerprint density at radius 2 is 2.09 bits per heavy atom. The van der Waals surface area contributed by atoms with Crippen molar-refractivity contribution in [1.29, 1.82) is 0 Å². The predicted octanol–water partition coefficient (Wildman–Crippen LogP) is 3.85. The van der Waals surface area contributed by atoms with Gasteiger partial charge in [-0.3, -0.25) is 14.9 Å². The predicted molar refractivity (Wildman–Crippen MR) is 86.3 cm³/mol. The molecule has 0 bridgehead atoms. The van der Waals surface area contributed by atoms with E-state index < -0.39 is 4.92 Å². The summed E-state index contributed by atoms with van der Waals surface area (Å²) < 4.78 is 5.66. The molecule has 0 atom stereocenters. The summed E-state index contributed by atoms with van der Waals surface area (Å²) in [4.78, 5) is 23.3. The van der Waals surface area contributed by atoms with Crippen LogP contribution < -0.4 is 5.32 Å². The van der Waals surface area contributed by atoms with E-state index in [1.54, 1.807) is 17.4 Å². The number of rotatable bonds is 5. The summed E-state index contributed by atoms with van der Waals surface area (Å²) in [6.45, 7) is 0.215. The van der Waals surface area contributed by atoms with Gasteiger partial charge in [0, 0.05) is 17.7 Å². The number of furan rings is 1. The summed E-state index contributed by atoms with van der Waals surface area (Å²) in [5, 5.41) is 15.4. The van der Waals surface area contributed by atoms with Crippen molar-refractivity contribution in [2.45, 2.75) is 6.54 Å². The number of benzene rings is 1. The van der Waals surface area contributed by atoms with Crippen molar-refractivity contribution in [3.8, 4) is 10.6 Å². The number of carbonyl (C=O) groups is 1. The van der Waals surface area contributed by atoms with E-state index in [-0.39, 0.29) is 23.7 Å². The lowest BCUT2D eigenvalue weighted by molar-refractivity contribution is -0.384. The van der Waals surface area contributed by atoms with Crippen molar-refractivity contribution >= 4 is 22.9 Å². The molecule has 0 unspecified atom stereocenters. The van der Waals surface area contributed by atoms with E-state index in [0.717, 1.165) is 10.6 Å². The third kappa shape index (κ3) is 3.46. The van der Waals surface area contributed by atoms with E-state index in [1.807, 2.05) is 23.6 Å². The van der Waals surface area contributed by atoms with Crippen LogP contribution in [-0.2, 0) is 6.54 Å². The Morgan fingerprint density at radius 1 is 1.22 bits per heavy atom. The highest BCUT2D eigenvalue weighted by Crippen LogP contribution is 2.26. The summed E-state index contributed by atoms with van der Waals surface area (Å²) in [5.41, 5.74) is 0.125. The Kier molecular flexibility index (Phi) is 4.20. The second kappa shape index (κ2) is 6.45. The maximum absolute atomic E-state index is 12.1. The molecule has 1 N–H and O–H groups in total. The van der Waals surface area contributed by atoms with Gasteiger partial charge in [0.15, 0.2) is 0 Å². The molecule has 2 heterocycles. The molecule has 0 saturated carbocycles. The Balaban J connectivity index is 1.65. The summed E-state index contributed by atoms with van der Waals surface area (Å²) in [5.74, 6) is 0.981. The van der Waals surface area contributed by atoms with Gasteiger partial charge in [-0.05, 0) is 29.6 Å². The fraction of sp³-hybridized carbons (Fsp3) is 0.0625. The van der Waals surface area contributed by atoms with E-state index in [1.165, 1.54) is 24.3 Å². The Hall–Kier alpha value is -2.93. The first-order chi connectivity index (χ1) is 11.1. The molecule has 3 aromatic rings. The average Bonchev–Trinajstić information content (AvgIpc) is 3.23. The fourth-order valence-electron chi connectivity index (χ4n) is 2.05. The number of carbonyl (C=O) groups excluding carboxylic acids is 1. The minimum atomic E-state index is -0.531. The van der Waals surface area contributed by atoms with Crippen LogP contribution in [0, 0.1) is 10.1 Å². The zero-order chi connectivity index (χ0) is 16.2. The first-order valence-corrected chi connectivity index (χ1v) is 7.67. The quantitative estimate of drug-likeness (QED) is 0.569. The standard InChI is InChI=1S/C16H12N2O4S/c19-16(11-3-1-4-12(9-11)18(20)21)17-10-13-6-7-14(22-13)15-5-2-8-23-15/h1-9H,10H2,(H,17,19). The summed E-state index contributed by atoms with van der Waals surface area (Å²) >= 11 is 1.57. The van der Waals surface area contributed by atoms with E-state index in [0.29, 0.717) is 5.76 Å². The second-order valence-electron chi connectivity index (χ2n) is 4.73. The third-order valence-electron chi connectivity index (χ3n) is 3.17. The summed E-state index contributed by atoms with van der Waals surface area (Å²) in [6, 6.07) is 13.1. The zero-order valence-electron chi connectivity index (χ0n) is 11.9. The van der Waals surface area contributed by atoms with Crippen molar-refractivity contribution in [3.05, 3.63) is 75.3 Å². The molecule has 116 valence electrons. The van der Waals surface area contributed by atoms with Gasteiger partial charge >= 0.3 is 0 Å². The number of nitro groups is 1. The van der Waals surface area contributed by atoms with Crippen LogP contribution in [0.15, 0.2) is 58.3 Å². The smallest absolute Gasteiger partial charge is 0.270 e. The van der Waals surface area contributed by atoms with E-state index >= 15 is 0 Å². The number of hydrogen-bond acceptors (Lipinski definition) is 5. The SMILES string of the molecule is O=C(NCc1ccc(-c2cccs2)o1)c1cccc([N+](=O)[O-])c1. The molecular formula is C16H12N2O4S. The van der Waals surface area contributed by atoms with Crippen molar-refractivity contribution < 1.29 is 14.1 Å². The molecule has 0 spiro atoms. The third-order valence-corrected chi connectivity index (χ3v) is 4.05. The molecule has 1 amide bonds. The van der Waals surface area contributed by atoms with Crippen molar-refractivity contribution in [2.24, 2.45) is 0 Å². The van der Waals surface area contributed by atoms with Gasteiger partial charge in [0.05, 0.1) is 16.3 Å². The van der Waals surface area contributed by atoms with Crippen LogP contribution in [-0.4, -0.2) is 10.8 Å². The summed E-state index contributed by atoms with van der Waals surface area (Å²) in [6.07, 6.45) is 0. The highest BCUT2D eigenvalue weighted by molar-refractivity contribution is 7.13. The Labute approximate surface area is 135 Å². The topological polar surface area (TPSA) is 85.4 Å². The number of thiophene rings is 1. The second-order valence-corrected chi connectivity index (χ2v) is 5.68. The minimum absolute atomic E-state index is 0.115. The highest BCUT2D eigenvalue weighted by atomic mass is 32.1. The van der Waals surface area contributed by atoms with E-state index in [9.17, 15) is 14.9 Å². The van der Waals surface area contributed by atoms with Crippen molar-refractivity contribution in [3.63, 3.8) is 0 Å².